The van der Waals surface area contributed by atoms with Crippen LogP contribution in [0.1, 0.15) is 48.9 Å². The summed E-state index contributed by atoms with van der Waals surface area (Å²) in [7, 11) is -3.63. The molecule has 0 bridgehead atoms. The summed E-state index contributed by atoms with van der Waals surface area (Å²) in [6, 6.07) is 21.8. The van der Waals surface area contributed by atoms with Crippen molar-refractivity contribution >= 4 is 39.1 Å². The maximum atomic E-state index is 13.9. The third-order valence-corrected chi connectivity index (χ3v) is 8.18. The van der Waals surface area contributed by atoms with Gasteiger partial charge in [0, 0.05) is 37.0 Å². The van der Waals surface area contributed by atoms with Gasteiger partial charge in [0.25, 0.3) is 0 Å². The molecular formula is C32H40ClN3O4S. The molecule has 0 aromatic heterocycles. The number of hydrogen-bond acceptors (Lipinski definition) is 4. The molecule has 3 rings (SSSR count). The first-order valence-electron chi connectivity index (χ1n) is 13.8. The van der Waals surface area contributed by atoms with Crippen molar-refractivity contribution in [1.29, 1.82) is 0 Å². The number of halogens is 1. The molecule has 0 aliphatic heterocycles. The van der Waals surface area contributed by atoms with Gasteiger partial charge in [0.2, 0.25) is 21.8 Å². The van der Waals surface area contributed by atoms with Gasteiger partial charge in [0.05, 0.1) is 11.9 Å². The molecular weight excluding hydrogens is 558 g/mol. The molecule has 0 saturated carbocycles. The molecule has 3 aromatic carbocycles. The molecule has 220 valence electrons. The Bertz CT molecular complexity index is 1430. The first kappa shape index (κ1) is 32.2. The van der Waals surface area contributed by atoms with Crippen molar-refractivity contribution in [3.63, 3.8) is 0 Å². The topological polar surface area (TPSA) is 86.8 Å². The molecule has 2 amide bonds. The number of rotatable bonds is 13. The van der Waals surface area contributed by atoms with Gasteiger partial charge in [-0.1, -0.05) is 77.8 Å². The van der Waals surface area contributed by atoms with Crippen LogP contribution in [0.2, 0.25) is 5.02 Å². The van der Waals surface area contributed by atoms with Crippen LogP contribution in [0, 0.1) is 13.8 Å². The molecule has 41 heavy (non-hydrogen) atoms. The van der Waals surface area contributed by atoms with E-state index in [1.807, 2.05) is 82.3 Å². The van der Waals surface area contributed by atoms with Crippen LogP contribution in [0.15, 0.2) is 72.8 Å². The van der Waals surface area contributed by atoms with E-state index in [9.17, 15) is 18.0 Å². The smallest absolute Gasteiger partial charge is 0.243 e. The highest BCUT2D eigenvalue weighted by Gasteiger charge is 2.31. The normalized spacial score (nSPS) is 12.2. The van der Waals surface area contributed by atoms with E-state index in [-0.39, 0.29) is 43.8 Å². The maximum Gasteiger partial charge on any atom is 0.243 e. The summed E-state index contributed by atoms with van der Waals surface area (Å²) < 4.78 is 26.7. The lowest BCUT2D eigenvalue weighted by Gasteiger charge is -2.32. The van der Waals surface area contributed by atoms with E-state index in [2.05, 4.69) is 5.32 Å². The van der Waals surface area contributed by atoms with Crippen molar-refractivity contribution < 1.29 is 18.0 Å². The third-order valence-electron chi connectivity index (χ3n) is 6.77. The number of anilines is 1. The zero-order valence-corrected chi connectivity index (χ0v) is 26.0. The summed E-state index contributed by atoms with van der Waals surface area (Å²) in [6.07, 6.45) is 1.84. The van der Waals surface area contributed by atoms with Crippen LogP contribution in [0.5, 0.6) is 0 Å². The highest BCUT2D eigenvalue weighted by molar-refractivity contribution is 7.92. The van der Waals surface area contributed by atoms with Crippen molar-refractivity contribution in [2.45, 2.75) is 65.6 Å². The van der Waals surface area contributed by atoms with Crippen LogP contribution in [0.4, 0.5) is 5.69 Å². The first-order valence-corrected chi connectivity index (χ1v) is 16.0. The van der Waals surface area contributed by atoms with Gasteiger partial charge in [0.1, 0.15) is 6.04 Å². The fourth-order valence-electron chi connectivity index (χ4n) is 4.66. The second-order valence-electron chi connectivity index (χ2n) is 10.7. The van der Waals surface area contributed by atoms with Crippen LogP contribution >= 0.6 is 11.6 Å². The predicted octanol–water partition coefficient (Wildman–Crippen LogP) is 5.67. The molecule has 0 aliphatic rings. The van der Waals surface area contributed by atoms with Crippen LogP contribution in [0.25, 0.3) is 0 Å². The van der Waals surface area contributed by atoms with E-state index >= 15 is 0 Å². The Hall–Kier alpha value is -3.36. The summed E-state index contributed by atoms with van der Waals surface area (Å²) in [4.78, 5) is 29.0. The van der Waals surface area contributed by atoms with Crippen LogP contribution in [0.3, 0.4) is 0 Å². The summed E-state index contributed by atoms with van der Waals surface area (Å²) in [6.45, 7) is 7.95. The second kappa shape index (κ2) is 14.5. The lowest BCUT2D eigenvalue weighted by atomic mass is 10.0. The van der Waals surface area contributed by atoms with E-state index in [1.165, 1.54) is 4.31 Å². The van der Waals surface area contributed by atoms with Crippen molar-refractivity contribution in [3.8, 4) is 0 Å². The van der Waals surface area contributed by atoms with Gasteiger partial charge in [-0.2, -0.15) is 0 Å². The van der Waals surface area contributed by atoms with E-state index in [0.29, 0.717) is 17.1 Å². The monoisotopic (exact) mass is 597 g/mol. The quantitative estimate of drug-likeness (QED) is 0.275. The largest absolute Gasteiger partial charge is 0.352 e. The molecule has 0 spiro atoms. The molecule has 3 aromatic rings. The van der Waals surface area contributed by atoms with Gasteiger partial charge in [-0.3, -0.25) is 13.9 Å². The number of aryl methyl sites for hydroxylation is 2. The molecule has 0 radical (unpaired) electrons. The Balaban J connectivity index is 1.89. The second-order valence-corrected chi connectivity index (χ2v) is 13.1. The molecule has 9 heteroatoms. The Kier molecular flexibility index (Phi) is 11.4. The number of benzene rings is 3. The van der Waals surface area contributed by atoms with Gasteiger partial charge < -0.3 is 10.2 Å². The zero-order valence-electron chi connectivity index (χ0n) is 24.4. The van der Waals surface area contributed by atoms with E-state index < -0.39 is 16.1 Å². The Morgan fingerprint density at radius 2 is 1.59 bits per heavy atom. The number of sulfonamides is 1. The van der Waals surface area contributed by atoms with E-state index in [1.54, 1.807) is 23.1 Å². The van der Waals surface area contributed by atoms with E-state index in [0.717, 1.165) is 28.5 Å². The summed E-state index contributed by atoms with van der Waals surface area (Å²) >= 11 is 6.17. The number of carbonyl (C=O) groups is 2. The molecule has 0 saturated heterocycles. The third kappa shape index (κ3) is 9.61. The number of nitrogens with one attached hydrogen (secondary N) is 1. The summed E-state index contributed by atoms with van der Waals surface area (Å²) in [5, 5.41) is 3.42. The summed E-state index contributed by atoms with van der Waals surface area (Å²) in [5.41, 5.74) is 4.20. The molecule has 0 heterocycles. The number of hydrogen-bond donors (Lipinski definition) is 1. The molecule has 0 aliphatic carbocycles. The molecule has 1 atom stereocenters. The van der Waals surface area contributed by atoms with Crippen LogP contribution in [-0.2, 0) is 32.6 Å². The lowest BCUT2D eigenvalue weighted by molar-refractivity contribution is -0.141. The van der Waals surface area contributed by atoms with Crippen molar-refractivity contribution in [2.24, 2.45) is 0 Å². The predicted molar refractivity (Wildman–Crippen MR) is 167 cm³/mol. The fourth-order valence-corrected chi connectivity index (χ4v) is 5.84. The van der Waals surface area contributed by atoms with Gasteiger partial charge in [-0.15, -0.1) is 0 Å². The van der Waals surface area contributed by atoms with Gasteiger partial charge in [0.15, 0.2) is 0 Å². The lowest BCUT2D eigenvalue weighted by Crippen LogP contribution is -2.51. The minimum Gasteiger partial charge on any atom is -0.352 e. The average Bonchev–Trinajstić information content (AvgIpc) is 2.90. The van der Waals surface area contributed by atoms with E-state index in [4.69, 9.17) is 11.6 Å². The van der Waals surface area contributed by atoms with Crippen LogP contribution < -0.4 is 9.62 Å². The molecule has 0 fully saturated rings. The SMILES string of the molecule is Cc1ccc(CN(C(=O)CCCN(c2cc(Cl)ccc2C)S(C)(=O)=O)C(Cc2ccccc2)C(=O)NC(C)C)cc1. The Morgan fingerprint density at radius 3 is 2.20 bits per heavy atom. The van der Waals surface area contributed by atoms with Crippen molar-refractivity contribution in [2.75, 3.05) is 17.1 Å². The maximum absolute atomic E-state index is 13.9. The standard InChI is InChI=1S/C32H40ClN3O4S/c1-23(2)34-32(38)30(20-26-10-7-6-8-11-26)35(22-27-16-13-24(3)14-17-27)31(37)12-9-19-36(41(5,39)40)29-21-28(33)18-15-25(29)4/h6-8,10-11,13-18,21,23,30H,9,12,19-20,22H2,1-5H3,(H,34,38). The van der Waals surface area contributed by atoms with Crippen molar-refractivity contribution in [3.05, 3.63) is 100 Å². The average molecular weight is 598 g/mol. The molecule has 1 N–H and O–H groups in total. The van der Waals surface area contributed by atoms with Gasteiger partial charge in [-0.05, 0) is 62.9 Å². The molecule has 7 nitrogen and oxygen atoms in total. The number of carbonyl (C=O) groups excluding carboxylic acids is 2. The number of nitrogens with zero attached hydrogens (tertiary/aromatic N) is 2. The highest BCUT2D eigenvalue weighted by Crippen LogP contribution is 2.27. The summed E-state index contributed by atoms with van der Waals surface area (Å²) in [5.74, 6) is -0.446. The first-order chi connectivity index (χ1) is 19.3. The Morgan fingerprint density at radius 1 is 0.927 bits per heavy atom. The van der Waals surface area contributed by atoms with Crippen LogP contribution in [-0.4, -0.2) is 50.0 Å². The number of amides is 2. The highest BCUT2D eigenvalue weighted by atomic mass is 35.5. The molecule has 1 unspecified atom stereocenters. The van der Waals surface area contributed by atoms with Crippen molar-refractivity contribution in [1.82, 2.24) is 10.2 Å². The zero-order chi connectivity index (χ0) is 30.2. The Labute approximate surface area is 249 Å². The fraction of sp³-hybridized carbons (Fsp3) is 0.375. The van der Waals surface area contributed by atoms with Gasteiger partial charge in [-0.25, -0.2) is 8.42 Å². The minimum atomic E-state index is -3.63. The minimum absolute atomic E-state index is 0.0672. The van der Waals surface area contributed by atoms with Gasteiger partial charge >= 0.3 is 0 Å².